The number of Topliss-reactive ketones (excluding diaryl/α,β-unsaturated/α-hetero) is 1. The second-order valence-corrected chi connectivity index (χ2v) is 6.67. The lowest BCUT2D eigenvalue weighted by Gasteiger charge is -2.14. The predicted molar refractivity (Wildman–Crippen MR) is 121 cm³/mol. The Balaban J connectivity index is 0.00000145. The van der Waals surface area contributed by atoms with E-state index in [1.807, 2.05) is 44.4 Å². The van der Waals surface area contributed by atoms with E-state index in [0.29, 0.717) is 17.3 Å². The molecule has 0 saturated carbocycles. The fourth-order valence-electron chi connectivity index (χ4n) is 3.17. The standard InChI is InChI=1S/C21H21ClN4O.C2H6/c1-5-7-19(27)17-8-13(3)16(12-24-17)15-9-14-11-25-20(22)10-18(14)26(6-2)21(15)23-4;1-2/h6,8-12H,2,5,7H2,1,3-4H3;1-2H3. The smallest absolute Gasteiger partial charge is 0.181 e. The van der Waals surface area contributed by atoms with E-state index in [-0.39, 0.29) is 5.78 Å². The molecule has 6 heteroatoms. The van der Waals surface area contributed by atoms with Crippen molar-refractivity contribution in [3.05, 3.63) is 59.1 Å². The maximum absolute atomic E-state index is 12.2. The molecule has 0 aliphatic heterocycles. The highest BCUT2D eigenvalue weighted by Gasteiger charge is 2.14. The summed E-state index contributed by atoms with van der Waals surface area (Å²) in [5.74, 6) is 0.0612. The van der Waals surface area contributed by atoms with E-state index < -0.39 is 0 Å². The van der Waals surface area contributed by atoms with Crippen LogP contribution in [0.2, 0.25) is 5.15 Å². The average Bonchev–Trinajstić information content (AvgIpc) is 2.74. The Bertz CT molecular complexity index is 1120. The number of carbonyl (C=O) groups excluding carboxylic acids is 1. The molecule has 152 valence electrons. The number of hydrogen-bond donors (Lipinski definition) is 0. The number of aryl methyl sites for hydroxylation is 1. The van der Waals surface area contributed by atoms with E-state index in [1.165, 1.54) is 0 Å². The second kappa shape index (κ2) is 10.1. The van der Waals surface area contributed by atoms with E-state index >= 15 is 0 Å². The van der Waals surface area contributed by atoms with E-state index in [4.69, 9.17) is 11.6 Å². The van der Waals surface area contributed by atoms with Gasteiger partial charge in [0.2, 0.25) is 0 Å². The summed E-state index contributed by atoms with van der Waals surface area (Å²) in [5.41, 5.74) is 4.88. The lowest BCUT2D eigenvalue weighted by atomic mass is 10.0. The van der Waals surface area contributed by atoms with Gasteiger partial charge in [0.15, 0.2) is 5.78 Å². The molecule has 3 aromatic rings. The van der Waals surface area contributed by atoms with Crippen LogP contribution < -0.4 is 5.49 Å². The zero-order valence-electron chi connectivity index (χ0n) is 17.7. The summed E-state index contributed by atoms with van der Waals surface area (Å²) in [6.07, 6.45) is 6.47. The average molecular weight is 411 g/mol. The van der Waals surface area contributed by atoms with Gasteiger partial charge in [-0.05, 0) is 31.0 Å². The number of fused-ring (bicyclic) bond motifs is 1. The molecule has 0 unspecified atom stereocenters. The highest BCUT2D eigenvalue weighted by atomic mass is 35.5. The van der Waals surface area contributed by atoms with Crippen molar-refractivity contribution < 1.29 is 4.79 Å². The SMILES string of the molecule is C=Cn1c(=NC)c(-c2cnc(C(=O)CCC)cc2C)cc2cnc(Cl)cc21.CC. The van der Waals surface area contributed by atoms with E-state index in [0.717, 1.165) is 39.5 Å². The molecular formula is C23H27ClN4O. The first-order valence-electron chi connectivity index (χ1n) is 9.76. The van der Waals surface area contributed by atoms with Gasteiger partial charge in [0, 0.05) is 54.6 Å². The number of rotatable bonds is 5. The van der Waals surface area contributed by atoms with Crippen LogP contribution in [0.25, 0.3) is 28.2 Å². The lowest BCUT2D eigenvalue weighted by molar-refractivity contribution is 0.0977. The zero-order chi connectivity index (χ0) is 21.6. The fourth-order valence-corrected chi connectivity index (χ4v) is 3.32. The highest BCUT2D eigenvalue weighted by molar-refractivity contribution is 6.30. The summed E-state index contributed by atoms with van der Waals surface area (Å²) >= 11 is 6.07. The monoisotopic (exact) mass is 410 g/mol. The molecular weight excluding hydrogens is 384 g/mol. The van der Waals surface area contributed by atoms with Gasteiger partial charge in [-0.3, -0.25) is 14.8 Å². The largest absolute Gasteiger partial charge is 0.301 e. The van der Waals surface area contributed by atoms with Crippen molar-refractivity contribution >= 4 is 34.5 Å². The Labute approximate surface area is 176 Å². The molecule has 0 N–H and O–H groups in total. The van der Waals surface area contributed by atoms with Crippen LogP contribution in [0.15, 0.2) is 42.2 Å². The third kappa shape index (κ3) is 4.62. The van der Waals surface area contributed by atoms with Crippen LogP contribution >= 0.6 is 11.6 Å². The second-order valence-electron chi connectivity index (χ2n) is 6.28. The van der Waals surface area contributed by atoms with E-state index in [9.17, 15) is 4.79 Å². The quantitative estimate of drug-likeness (QED) is 0.400. The van der Waals surface area contributed by atoms with Gasteiger partial charge in [-0.15, -0.1) is 0 Å². The van der Waals surface area contributed by atoms with Crippen molar-refractivity contribution in [2.75, 3.05) is 7.05 Å². The number of ketones is 1. The molecule has 29 heavy (non-hydrogen) atoms. The molecule has 3 aromatic heterocycles. The summed E-state index contributed by atoms with van der Waals surface area (Å²) < 4.78 is 1.88. The van der Waals surface area contributed by atoms with Crippen molar-refractivity contribution in [2.24, 2.45) is 4.99 Å². The first-order valence-corrected chi connectivity index (χ1v) is 10.1. The summed E-state index contributed by atoms with van der Waals surface area (Å²) in [7, 11) is 1.73. The maximum Gasteiger partial charge on any atom is 0.181 e. The maximum atomic E-state index is 12.2. The fraction of sp³-hybridized carbons (Fsp3) is 0.304. The van der Waals surface area contributed by atoms with Crippen LogP contribution in [0.3, 0.4) is 0 Å². The molecule has 3 rings (SSSR count). The van der Waals surface area contributed by atoms with Crippen LogP contribution in [0.1, 0.15) is 49.7 Å². The molecule has 0 amide bonds. The molecule has 0 radical (unpaired) electrons. The van der Waals surface area contributed by atoms with Gasteiger partial charge in [-0.1, -0.05) is 39.0 Å². The van der Waals surface area contributed by atoms with E-state index in [2.05, 4.69) is 21.5 Å². The molecule has 3 heterocycles. The van der Waals surface area contributed by atoms with Crippen LogP contribution in [-0.2, 0) is 0 Å². The van der Waals surface area contributed by atoms with Crippen LogP contribution in [-0.4, -0.2) is 27.4 Å². The summed E-state index contributed by atoms with van der Waals surface area (Å²) in [6.45, 7) is 11.9. The van der Waals surface area contributed by atoms with Crippen molar-refractivity contribution in [3.8, 4) is 11.1 Å². The zero-order valence-corrected chi connectivity index (χ0v) is 18.4. The van der Waals surface area contributed by atoms with Gasteiger partial charge in [0.1, 0.15) is 16.3 Å². The summed E-state index contributed by atoms with van der Waals surface area (Å²) in [4.78, 5) is 25.2. The van der Waals surface area contributed by atoms with Gasteiger partial charge >= 0.3 is 0 Å². The number of nitrogens with zero attached hydrogens (tertiary/aromatic N) is 4. The van der Waals surface area contributed by atoms with Gasteiger partial charge in [0.25, 0.3) is 0 Å². The first kappa shape index (κ1) is 22.5. The molecule has 5 nitrogen and oxygen atoms in total. The molecule has 0 bridgehead atoms. The molecule has 0 saturated heterocycles. The van der Waals surface area contributed by atoms with Gasteiger partial charge in [-0.2, -0.15) is 0 Å². The number of carbonyl (C=O) groups is 1. The van der Waals surface area contributed by atoms with Gasteiger partial charge in [0.05, 0.1) is 5.52 Å². The molecule has 0 aliphatic carbocycles. The predicted octanol–water partition coefficient (Wildman–Crippen LogP) is 5.70. The van der Waals surface area contributed by atoms with Crippen LogP contribution in [0, 0.1) is 6.92 Å². The van der Waals surface area contributed by atoms with Crippen LogP contribution in [0.4, 0.5) is 0 Å². The number of hydrogen-bond acceptors (Lipinski definition) is 4. The number of aromatic nitrogens is 3. The van der Waals surface area contributed by atoms with E-state index in [1.54, 1.807) is 31.7 Å². The minimum Gasteiger partial charge on any atom is -0.301 e. The lowest BCUT2D eigenvalue weighted by Crippen LogP contribution is -2.20. The van der Waals surface area contributed by atoms with Crippen molar-refractivity contribution in [1.29, 1.82) is 0 Å². The van der Waals surface area contributed by atoms with Crippen molar-refractivity contribution in [2.45, 2.75) is 40.5 Å². The van der Waals surface area contributed by atoms with Crippen molar-refractivity contribution in [3.63, 3.8) is 0 Å². The highest BCUT2D eigenvalue weighted by Crippen LogP contribution is 2.25. The first-order chi connectivity index (χ1) is 14.0. The Hall–Kier alpha value is -2.79. The Morgan fingerprint density at radius 2 is 1.93 bits per heavy atom. The minimum atomic E-state index is 0.0612. The molecule has 0 spiro atoms. The van der Waals surface area contributed by atoms with Gasteiger partial charge in [-0.25, -0.2) is 4.98 Å². The van der Waals surface area contributed by atoms with Gasteiger partial charge < -0.3 is 4.57 Å². The van der Waals surface area contributed by atoms with Crippen LogP contribution in [0.5, 0.6) is 0 Å². The Morgan fingerprint density at radius 1 is 1.21 bits per heavy atom. The molecule has 0 atom stereocenters. The Kier molecular flexibility index (Phi) is 7.85. The molecule has 0 aromatic carbocycles. The Morgan fingerprint density at radius 3 is 2.52 bits per heavy atom. The van der Waals surface area contributed by atoms with Crippen molar-refractivity contribution in [1.82, 2.24) is 14.5 Å². The molecule has 0 aliphatic rings. The molecule has 0 fully saturated rings. The third-order valence-electron chi connectivity index (χ3n) is 4.47. The number of halogens is 1. The normalized spacial score (nSPS) is 11.2. The minimum absolute atomic E-state index is 0.0612. The topological polar surface area (TPSA) is 60.1 Å². The third-order valence-corrected chi connectivity index (χ3v) is 4.67. The summed E-state index contributed by atoms with van der Waals surface area (Å²) in [6, 6.07) is 5.64. The number of pyridine rings is 3. The summed E-state index contributed by atoms with van der Waals surface area (Å²) in [5, 5.41) is 1.32.